The van der Waals surface area contributed by atoms with Crippen molar-refractivity contribution in [3.63, 3.8) is 0 Å². The summed E-state index contributed by atoms with van der Waals surface area (Å²) >= 11 is -1.09. The zero-order chi connectivity index (χ0) is 15.5. The summed E-state index contributed by atoms with van der Waals surface area (Å²) in [7, 11) is 0. The molecule has 22 heavy (non-hydrogen) atoms. The van der Waals surface area contributed by atoms with Gasteiger partial charge >= 0.3 is 0 Å². The fourth-order valence-corrected chi connectivity index (χ4v) is 4.27. The number of para-hydroxylation sites is 1. The van der Waals surface area contributed by atoms with Gasteiger partial charge in [-0.15, -0.1) is 0 Å². The summed E-state index contributed by atoms with van der Waals surface area (Å²) < 4.78 is 12.6. The fourth-order valence-electron chi connectivity index (χ4n) is 2.77. The van der Waals surface area contributed by atoms with E-state index in [1.165, 1.54) is 0 Å². The minimum atomic E-state index is -1.09. The maximum absolute atomic E-state index is 12.6. The number of β-lactam (4-membered cyclic amide) rings is 1. The van der Waals surface area contributed by atoms with Crippen LogP contribution in [-0.4, -0.2) is 15.8 Å². The summed E-state index contributed by atoms with van der Waals surface area (Å²) in [6, 6.07) is 17.7. The summed E-state index contributed by atoms with van der Waals surface area (Å²) in [5, 5.41) is -0.208. The first-order chi connectivity index (χ1) is 10.7. The molecule has 3 nitrogen and oxygen atoms in total. The molecular weight excluding hydrogens is 294 g/mol. The van der Waals surface area contributed by atoms with Crippen LogP contribution in [0.3, 0.4) is 0 Å². The Kier molecular flexibility index (Phi) is 4.50. The van der Waals surface area contributed by atoms with Crippen LogP contribution in [0, 0.1) is 0 Å². The SMILES string of the molecule is CCc1ccccc1N1C(=O)CC1[S+]([O-])Cc1ccccc1. The van der Waals surface area contributed by atoms with Gasteiger partial charge in [0.05, 0.1) is 12.1 Å². The van der Waals surface area contributed by atoms with Crippen LogP contribution in [0.15, 0.2) is 54.6 Å². The summed E-state index contributed by atoms with van der Waals surface area (Å²) in [4.78, 5) is 13.8. The number of carbonyl (C=O) groups excluding carboxylic acids is 1. The average molecular weight is 313 g/mol. The summed E-state index contributed by atoms with van der Waals surface area (Å²) in [6.07, 6.45) is 1.23. The number of nitrogens with zero attached hydrogens (tertiary/aromatic N) is 1. The van der Waals surface area contributed by atoms with Crippen LogP contribution in [0.4, 0.5) is 5.69 Å². The lowest BCUT2D eigenvalue weighted by atomic mass is 10.1. The second-order valence-electron chi connectivity index (χ2n) is 5.42. The molecule has 1 heterocycles. The van der Waals surface area contributed by atoms with Crippen molar-refractivity contribution in [2.24, 2.45) is 0 Å². The van der Waals surface area contributed by atoms with E-state index in [9.17, 15) is 9.35 Å². The topological polar surface area (TPSA) is 43.4 Å². The lowest BCUT2D eigenvalue weighted by Crippen LogP contribution is -2.57. The first kappa shape index (κ1) is 15.1. The minimum Gasteiger partial charge on any atom is -0.614 e. The maximum atomic E-state index is 12.6. The highest BCUT2D eigenvalue weighted by Crippen LogP contribution is 2.34. The Hall–Kier alpha value is -1.78. The Morgan fingerprint density at radius 1 is 1.14 bits per heavy atom. The Morgan fingerprint density at radius 3 is 2.50 bits per heavy atom. The summed E-state index contributed by atoms with van der Waals surface area (Å²) in [6.45, 7) is 2.07. The van der Waals surface area contributed by atoms with Crippen LogP contribution in [0.5, 0.6) is 0 Å². The van der Waals surface area contributed by atoms with Crippen LogP contribution < -0.4 is 4.90 Å². The quantitative estimate of drug-likeness (QED) is 0.628. The second kappa shape index (κ2) is 6.55. The lowest BCUT2D eigenvalue weighted by Gasteiger charge is -2.41. The second-order valence-corrected chi connectivity index (χ2v) is 7.01. The number of anilines is 1. The molecule has 0 spiro atoms. The van der Waals surface area contributed by atoms with Crippen molar-refractivity contribution in [1.29, 1.82) is 0 Å². The minimum absolute atomic E-state index is 0.0623. The molecular formula is C18H19NO2S. The molecule has 2 aromatic rings. The van der Waals surface area contributed by atoms with E-state index in [0.717, 1.165) is 23.2 Å². The average Bonchev–Trinajstić information content (AvgIpc) is 2.54. The number of benzene rings is 2. The molecule has 2 unspecified atom stereocenters. The smallest absolute Gasteiger partial charge is 0.238 e. The van der Waals surface area contributed by atoms with Crippen molar-refractivity contribution in [3.05, 3.63) is 65.7 Å². The van der Waals surface area contributed by atoms with Crippen LogP contribution in [0.2, 0.25) is 0 Å². The van der Waals surface area contributed by atoms with Crippen molar-refractivity contribution in [1.82, 2.24) is 0 Å². The monoisotopic (exact) mass is 313 g/mol. The molecule has 0 aromatic heterocycles. The van der Waals surface area contributed by atoms with Gasteiger partial charge in [0.25, 0.3) is 0 Å². The summed E-state index contributed by atoms with van der Waals surface area (Å²) in [5.41, 5.74) is 3.08. The van der Waals surface area contributed by atoms with Crippen molar-refractivity contribution in [3.8, 4) is 0 Å². The molecule has 0 saturated carbocycles. The molecule has 3 rings (SSSR count). The van der Waals surface area contributed by atoms with Gasteiger partial charge in [-0.1, -0.05) is 55.5 Å². The molecule has 0 bridgehead atoms. The third-order valence-electron chi connectivity index (χ3n) is 3.99. The number of hydrogen-bond donors (Lipinski definition) is 0. The highest BCUT2D eigenvalue weighted by Gasteiger charge is 2.45. The maximum Gasteiger partial charge on any atom is 0.238 e. The third kappa shape index (κ3) is 2.89. The number of rotatable bonds is 5. The predicted octanol–water partition coefficient (Wildman–Crippen LogP) is 3.26. The third-order valence-corrected chi connectivity index (χ3v) is 5.60. The molecule has 0 aliphatic carbocycles. The van der Waals surface area contributed by atoms with Crippen LogP contribution in [0.1, 0.15) is 24.5 Å². The van der Waals surface area contributed by atoms with Crippen molar-refractivity contribution in [2.75, 3.05) is 4.90 Å². The van der Waals surface area contributed by atoms with E-state index in [4.69, 9.17) is 0 Å². The van der Waals surface area contributed by atoms with E-state index in [0.29, 0.717) is 12.2 Å². The zero-order valence-corrected chi connectivity index (χ0v) is 13.4. The normalized spacial score (nSPS) is 18.9. The van der Waals surface area contributed by atoms with Gasteiger partial charge in [0.15, 0.2) is 0 Å². The highest BCUT2D eigenvalue weighted by molar-refractivity contribution is 7.91. The van der Waals surface area contributed by atoms with Crippen LogP contribution in [0.25, 0.3) is 0 Å². The van der Waals surface area contributed by atoms with Gasteiger partial charge in [-0.05, 0) is 29.2 Å². The molecule has 2 atom stereocenters. The highest BCUT2D eigenvalue weighted by atomic mass is 32.2. The number of hydrogen-bond acceptors (Lipinski definition) is 2. The largest absolute Gasteiger partial charge is 0.614 e. The van der Waals surface area contributed by atoms with E-state index in [2.05, 4.69) is 6.92 Å². The predicted molar refractivity (Wildman–Crippen MR) is 90.0 cm³/mol. The molecule has 114 valence electrons. The Labute approximate surface area is 134 Å². The van der Waals surface area contributed by atoms with E-state index >= 15 is 0 Å². The van der Waals surface area contributed by atoms with Gasteiger partial charge in [-0.25, -0.2) is 0 Å². The first-order valence-corrected chi connectivity index (χ1v) is 8.90. The van der Waals surface area contributed by atoms with Gasteiger partial charge in [0.2, 0.25) is 11.3 Å². The fraction of sp³-hybridized carbons (Fsp3) is 0.278. The zero-order valence-electron chi connectivity index (χ0n) is 12.6. The van der Waals surface area contributed by atoms with Crippen molar-refractivity contribution < 1.29 is 9.35 Å². The lowest BCUT2D eigenvalue weighted by molar-refractivity contribution is -0.122. The first-order valence-electron chi connectivity index (χ1n) is 7.51. The molecule has 0 N–H and O–H groups in total. The van der Waals surface area contributed by atoms with Gasteiger partial charge in [0.1, 0.15) is 5.75 Å². The van der Waals surface area contributed by atoms with Crippen molar-refractivity contribution >= 4 is 22.8 Å². The van der Waals surface area contributed by atoms with Crippen LogP contribution >= 0.6 is 0 Å². The van der Waals surface area contributed by atoms with Gasteiger partial charge in [-0.2, -0.15) is 0 Å². The summed E-state index contributed by atoms with van der Waals surface area (Å²) in [5.74, 6) is 0.552. The van der Waals surface area contributed by atoms with Gasteiger partial charge in [0, 0.05) is 5.56 Å². The van der Waals surface area contributed by atoms with E-state index < -0.39 is 11.2 Å². The molecule has 1 aliphatic heterocycles. The molecule has 1 amide bonds. The van der Waals surface area contributed by atoms with E-state index in [1.54, 1.807) is 4.90 Å². The molecule has 0 radical (unpaired) electrons. The van der Waals surface area contributed by atoms with Gasteiger partial charge in [-0.3, -0.25) is 9.69 Å². The van der Waals surface area contributed by atoms with E-state index in [-0.39, 0.29) is 11.3 Å². The van der Waals surface area contributed by atoms with Crippen molar-refractivity contribution in [2.45, 2.75) is 30.9 Å². The van der Waals surface area contributed by atoms with E-state index in [1.807, 2.05) is 54.6 Å². The molecule has 1 fully saturated rings. The Morgan fingerprint density at radius 2 is 1.82 bits per heavy atom. The Bertz CT molecular complexity index is 659. The molecule has 1 saturated heterocycles. The number of amides is 1. The standard InChI is InChI=1S/C18H19NO2S/c1-2-15-10-6-7-11-16(15)19-17(20)12-18(19)22(21)13-14-8-4-3-5-9-14/h3-11,18H,2,12-13H2,1H3. The molecule has 1 aliphatic rings. The van der Waals surface area contributed by atoms with Crippen LogP contribution in [-0.2, 0) is 28.1 Å². The number of aryl methyl sites for hydroxylation is 1. The van der Waals surface area contributed by atoms with Gasteiger partial charge < -0.3 is 4.55 Å². The number of carbonyl (C=O) groups is 1. The Balaban J connectivity index is 1.78. The molecule has 4 heteroatoms. The molecule has 2 aromatic carbocycles.